The highest BCUT2D eigenvalue weighted by Gasteiger charge is 2.41. The highest BCUT2D eigenvalue weighted by molar-refractivity contribution is 5.91. The lowest BCUT2D eigenvalue weighted by Gasteiger charge is -2.38. The minimum absolute atomic E-state index is 0.0176. The molecule has 3 rings (SSSR count). The summed E-state index contributed by atoms with van der Waals surface area (Å²) < 4.78 is 2.10. The first-order chi connectivity index (χ1) is 10.6. The Morgan fingerprint density at radius 3 is 2.82 bits per heavy atom. The van der Waals surface area contributed by atoms with Crippen LogP contribution in [0.25, 0.3) is 0 Å². The van der Waals surface area contributed by atoms with Crippen LogP contribution in [-0.4, -0.2) is 32.9 Å². The fourth-order valence-corrected chi connectivity index (χ4v) is 3.71. The lowest BCUT2D eigenvalue weighted by Crippen LogP contribution is -2.61. The zero-order chi connectivity index (χ0) is 15.6. The average Bonchev–Trinajstić information content (AvgIpc) is 2.95. The summed E-state index contributed by atoms with van der Waals surface area (Å²) in [5.74, 6) is 0.938. The molecule has 0 spiro atoms. The van der Waals surface area contributed by atoms with Crippen molar-refractivity contribution in [2.45, 2.75) is 70.0 Å². The summed E-state index contributed by atoms with van der Waals surface area (Å²) in [5, 5.41) is 6.09. The summed E-state index contributed by atoms with van der Waals surface area (Å²) in [4.78, 5) is 28.7. The van der Waals surface area contributed by atoms with E-state index in [1.54, 1.807) is 6.20 Å². The van der Waals surface area contributed by atoms with E-state index in [2.05, 4.69) is 20.2 Å². The fraction of sp³-hybridized carbons (Fsp3) is 0.688. The van der Waals surface area contributed by atoms with E-state index in [0.29, 0.717) is 0 Å². The first kappa shape index (κ1) is 15.1. The fourth-order valence-electron chi connectivity index (χ4n) is 3.71. The van der Waals surface area contributed by atoms with Crippen molar-refractivity contribution >= 4 is 11.8 Å². The molecule has 0 unspecified atom stereocenters. The number of hydrogen-bond donors (Lipinski definition) is 2. The number of nitrogens with zero attached hydrogens (tertiary/aromatic N) is 2. The van der Waals surface area contributed by atoms with E-state index in [9.17, 15) is 9.59 Å². The average molecular weight is 304 g/mol. The molecule has 1 aromatic rings. The van der Waals surface area contributed by atoms with Gasteiger partial charge in [0.15, 0.2) is 0 Å². The molecule has 6 nitrogen and oxygen atoms in total. The summed E-state index contributed by atoms with van der Waals surface area (Å²) in [6.07, 6.45) is 10.1. The number of carbonyl (C=O) groups is 2. The minimum Gasteiger partial charge on any atom is -0.350 e. The molecule has 2 aliphatic rings. The molecule has 0 radical (unpaired) electrons. The van der Waals surface area contributed by atoms with Crippen molar-refractivity contribution in [1.82, 2.24) is 20.2 Å². The molecule has 1 aliphatic heterocycles. The SMILES string of the molecule is CC(=O)NC1(C(=O)N[C@H]2CCc3nccn3C2)CCCCC1. The normalized spacial score (nSPS) is 23.4. The molecule has 1 saturated carbocycles. The molecule has 1 atom stereocenters. The zero-order valence-electron chi connectivity index (χ0n) is 13.1. The van der Waals surface area contributed by atoms with E-state index >= 15 is 0 Å². The van der Waals surface area contributed by atoms with Gasteiger partial charge < -0.3 is 15.2 Å². The Bertz CT molecular complexity index is 560. The van der Waals surface area contributed by atoms with Gasteiger partial charge in [-0.1, -0.05) is 19.3 Å². The second-order valence-corrected chi connectivity index (χ2v) is 6.53. The number of aryl methyl sites for hydroxylation is 1. The Balaban J connectivity index is 1.68. The molecule has 2 amide bonds. The van der Waals surface area contributed by atoms with Crippen molar-refractivity contribution in [2.24, 2.45) is 0 Å². The minimum atomic E-state index is -0.709. The van der Waals surface area contributed by atoms with Crippen LogP contribution in [0.1, 0.15) is 51.3 Å². The number of hydrogen-bond acceptors (Lipinski definition) is 3. The van der Waals surface area contributed by atoms with Gasteiger partial charge in [-0.05, 0) is 19.3 Å². The molecule has 22 heavy (non-hydrogen) atoms. The summed E-state index contributed by atoms with van der Waals surface area (Å²) in [6, 6.07) is 0.113. The molecule has 2 heterocycles. The van der Waals surface area contributed by atoms with Crippen molar-refractivity contribution in [3.63, 3.8) is 0 Å². The number of aromatic nitrogens is 2. The van der Waals surface area contributed by atoms with Crippen LogP contribution in [0.3, 0.4) is 0 Å². The molecule has 0 bridgehead atoms. The number of nitrogens with one attached hydrogen (secondary N) is 2. The summed E-state index contributed by atoms with van der Waals surface area (Å²) in [7, 11) is 0. The Labute approximate surface area is 130 Å². The maximum absolute atomic E-state index is 12.8. The number of fused-ring (bicyclic) bond motifs is 1. The third-order valence-corrected chi connectivity index (χ3v) is 4.83. The van der Waals surface area contributed by atoms with Crippen molar-refractivity contribution in [1.29, 1.82) is 0 Å². The molecule has 120 valence electrons. The number of imidazole rings is 1. The first-order valence-electron chi connectivity index (χ1n) is 8.19. The van der Waals surface area contributed by atoms with E-state index in [1.165, 1.54) is 6.92 Å². The van der Waals surface area contributed by atoms with Gasteiger partial charge in [-0.15, -0.1) is 0 Å². The van der Waals surface area contributed by atoms with Gasteiger partial charge in [-0.3, -0.25) is 9.59 Å². The summed E-state index contributed by atoms with van der Waals surface area (Å²) in [5.41, 5.74) is -0.709. The number of amides is 2. The lowest BCUT2D eigenvalue weighted by atomic mass is 9.80. The molecule has 1 fully saturated rings. The van der Waals surface area contributed by atoms with Gasteiger partial charge in [0.1, 0.15) is 11.4 Å². The van der Waals surface area contributed by atoms with Crippen LogP contribution in [0.4, 0.5) is 0 Å². The van der Waals surface area contributed by atoms with Crippen LogP contribution in [-0.2, 0) is 22.6 Å². The van der Waals surface area contributed by atoms with Crippen molar-refractivity contribution in [3.05, 3.63) is 18.2 Å². The van der Waals surface area contributed by atoms with E-state index in [0.717, 1.165) is 57.3 Å². The maximum atomic E-state index is 12.8. The van der Waals surface area contributed by atoms with E-state index < -0.39 is 5.54 Å². The first-order valence-corrected chi connectivity index (χ1v) is 8.19. The lowest BCUT2D eigenvalue weighted by molar-refractivity contribution is -0.135. The maximum Gasteiger partial charge on any atom is 0.246 e. The van der Waals surface area contributed by atoms with Gasteiger partial charge in [0, 0.05) is 38.3 Å². The largest absolute Gasteiger partial charge is 0.350 e. The number of carbonyl (C=O) groups excluding carboxylic acids is 2. The van der Waals surface area contributed by atoms with E-state index in [1.807, 2.05) is 6.20 Å². The topological polar surface area (TPSA) is 76.0 Å². The standard InChI is InChI=1S/C16H24N4O2/c1-12(21)19-16(7-3-2-4-8-16)15(22)18-13-5-6-14-17-9-10-20(14)11-13/h9-10,13H,2-8,11H2,1H3,(H,18,22)(H,19,21)/t13-/m0/s1. The third kappa shape index (κ3) is 3.00. The molecule has 2 N–H and O–H groups in total. The van der Waals surface area contributed by atoms with Gasteiger partial charge in [0.2, 0.25) is 11.8 Å². The molecule has 0 saturated heterocycles. The highest BCUT2D eigenvalue weighted by Crippen LogP contribution is 2.29. The number of rotatable bonds is 3. The smallest absolute Gasteiger partial charge is 0.246 e. The monoisotopic (exact) mass is 304 g/mol. The van der Waals surface area contributed by atoms with E-state index in [4.69, 9.17) is 0 Å². The molecular weight excluding hydrogens is 280 g/mol. The zero-order valence-corrected chi connectivity index (χ0v) is 13.1. The second kappa shape index (κ2) is 6.10. The molecule has 1 aromatic heterocycles. The van der Waals surface area contributed by atoms with Gasteiger partial charge in [-0.2, -0.15) is 0 Å². The van der Waals surface area contributed by atoms with Crippen molar-refractivity contribution in [3.8, 4) is 0 Å². The predicted octanol–water partition coefficient (Wildman–Crippen LogP) is 1.15. The molecule has 1 aliphatic carbocycles. The van der Waals surface area contributed by atoms with Crippen LogP contribution in [0.2, 0.25) is 0 Å². The van der Waals surface area contributed by atoms with E-state index in [-0.39, 0.29) is 17.9 Å². The van der Waals surface area contributed by atoms with Crippen molar-refractivity contribution in [2.75, 3.05) is 0 Å². The quantitative estimate of drug-likeness (QED) is 0.879. The summed E-state index contributed by atoms with van der Waals surface area (Å²) in [6.45, 7) is 2.25. The van der Waals surface area contributed by atoms with Crippen LogP contribution in [0, 0.1) is 0 Å². The van der Waals surface area contributed by atoms with Crippen LogP contribution < -0.4 is 10.6 Å². The van der Waals surface area contributed by atoms with Gasteiger partial charge >= 0.3 is 0 Å². The molecular formula is C16H24N4O2. The second-order valence-electron chi connectivity index (χ2n) is 6.53. The van der Waals surface area contributed by atoms with Crippen LogP contribution in [0.15, 0.2) is 12.4 Å². The third-order valence-electron chi connectivity index (χ3n) is 4.83. The van der Waals surface area contributed by atoms with Crippen LogP contribution >= 0.6 is 0 Å². The predicted molar refractivity (Wildman–Crippen MR) is 82.1 cm³/mol. The van der Waals surface area contributed by atoms with Gasteiger partial charge in [0.05, 0.1) is 0 Å². The summed E-state index contributed by atoms with van der Waals surface area (Å²) >= 11 is 0. The highest BCUT2D eigenvalue weighted by atomic mass is 16.2. The Kier molecular flexibility index (Phi) is 4.18. The Morgan fingerprint density at radius 1 is 1.32 bits per heavy atom. The van der Waals surface area contributed by atoms with Crippen molar-refractivity contribution < 1.29 is 9.59 Å². The molecule has 0 aromatic carbocycles. The van der Waals surface area contributed by atoms with Gasteiger partial charge in [0.25, 0.3) is 0 Å². The molecule has 6 heteroatoms. The van der Waals surface area contributed by atoms with Gasteiger partial charge in [-0.25, -0.2) is 4.98 Å². The Morgan fingerprint density at radius 2 is 2.09 bits per heavy atom. The Hall–Kier alpha value is -1.85. The van der Waals surface area contributed by atoms with Crippen LogP contribution in [0.5, 0.6) is 0 Å².